The number of benzene rings is 2. The Labute approximate surface area is 183 Å². The number of nitrogens with one attached hydrogen (secondary N) is 3. The van der Waals surface area contributed by atoms with Gasteiger partial charge in [-0.1, -0.05) is 58.9 Å². The van der Waals surface area contributed by atoms with Crippen molar-refractivity contribution < 1.29 is 19.1 Å². The molecule has 1 unspecified atom stereocenters. The average Bonchev–Trinajstić information content (AvgIpc) is 3.15. The van der Waals surface area contributed by atoms with Crippen molar-refractivity contribution in [3.63, 3.8) is 0 Å². The molecule has 1 heterocycles. The summed E-state index contributed by atoms with van der Waals surface area (Å²) in [6.07, 6.45) is 0. The first-order valence-corrected chi connectivity index (χ1v) is 10.5. The molecule has 2 aromatic rings. The van der Waals surface area contributed by atoms with Gasteiger partial charge in [0.1, 0.15) is 0 Å². The Morgan fingerprint density at radius 2 is 1.68 bits per heavy atom. The number of ether oxygens (including phenoxy) is 2. The lowest BCUT2D eigenvalue weighted by Crippen LogP contribution is -2.41. The molecular weight excluding hydrogens is 394 g/mol. The lowest BCUT2D eigenvalue weighted by Gasteiger charge is -2.25. The van der Waals surface area contributed by atoms with Crippen LogP contribution >= 0.6 is 0 Å². The van der Waals surface area contributed by atoms with Gasteiger partial charge in [0.05, 0.1) is 6.54 Å². The second kappa shape index (κ2) is 9.39. The van der Waals surface area contributed by atoms with Gasteiger partial charge in [0, 0.05) is 17.8 Å². The second-order valence-electron chi connectivity index (χ2n) is 9.04. The quantitative estimate of drug-likeness (QED) is 0.640. The highest BCUT2D eigenvalue weighted by atomic mass is 16.7. The van der Waals surface area contributed by atoms with Crippen molar-refractivity contribution in [2.24, 2.45) is 5.92 Å². The third kappa shape index (κ3) is 5.98. The van der Waals surface area contributed by atoms with Crippen molar-refractivity contribution in [2.45, 2.75) is 46.1 Å². The fraction of sp³-hybridized carbons (Fsp3) is 0.417. The molecule has 0 bridgehead atoms. The van der Waals surface area contributed by atoms with Gasteiger partial charge >= 0.3 is 6.03 Å². The summed E-state index contributed by atoms with van der Waals surface area (Å²) in [6.45, 7) is 10.9. The van der Waals surface area contributed by atoms with Crippen molar-refractivity contribution in [1.29, 1.82) is 0 Å². The topological polar surface area (TPSA) is 88.7 Å². The van der Waals surface area contributed by atoms with E-state index in [1.165, 1.54) is 5.56 Å². The molecule has 3 rings (SSSR count). The van der Waals surface area contributed by atoms with Gasteiger partial charge in [-0.3, -0.25) is 10.1 Å². The molecule has 7 heteroatoms. The van der Waals surface area contributed by atoms with Gasteiger partial charge < -0.3 is 20.1 Å². The van der Waals surface area contributed by atoms with Crippen LogP contribution in [0.25, 0.3) is 0 Å². The maximum Gasteiger partial charge on any atom is 0.325 e. The molecule has 1 atom stereocenters. The van der Waals surface area contributed by atoms with Crippen molar-refractivity contribution >= 4 is 17.6 Å². The summed E-state index contributed by atoms with van der Waals surface area (Å²) in [4.78, 5) is 24.5. The molecule has 0 saturated heterocycles. The molecule has 1 aliphatic heterocycles. The van der Waals surface area contributed by atoms with Crippen molar-refractivity contribution in [1.82, 2.24) is 10.6 Å². The molecule has 3 amide bonds. The summed E-state index contributed by atoms with van der Waals surface area (Å²) in [5, 5.41) is 8.25. The summed E-state index contributed by atoms with van der Waals surface area (Å²) in [6, 6.07) is 12.9. The minimum atomic E-state index is -0.596. The lowest BCUT2D eigenvalue weighted by molar-refractivity contribution is -0.119. The van der Waals surface area contributed by atoms with Gasteiger partial charge in [-0.25, -0.2) is 4.79 Å². The van der Waals surface area contributed by atoms with E-state index in [9.17, 15) is 9.59 Å². The maximum absolute atomic E-state index is 12.3. The molecule has 1 aliphatic rings. The predicted octanol–water partition coefficient (Wildman–Crippen LogP) is 4.35. The largest absolute Gasteiger partial charge is 0.454 e. The van der Waals surface area contributed by atoms with Gasteiger partial charge in [0.15, 0.2) is 11.5 Å². The first-order valence-electron chi connectivity index (χ1n) is 10.5. The third-order valence-corrected chi connectivity index (χ3v) is 5.17. The zero-order chi connectivity index (χ0) is 22.6. The van der Waals surface area contributed by atoms with Crippen LogP contribution in [0.4, 0.5) is 10.5 Å². The number of carbonyl (C=O) groups excluding carboxylic acids is 2. The molecule has 0 spiro atoms. The van der Waals surface area contributed by atoms with E-state index in [0.717, 1.165) is 5.56 Å². The van der Waals surface area contributed by atoms with Gasteiger partial charge in [-0.2, -0.15) is 0 Å². The van der Waals surface area contributed by atoms with Crippen LogP contribution < -0.4 is 25.4 Å². The van der Waals surface area contributed by atoms with E-state index in [4.69, 9.17) is 9.47 Å². The summed E-state index contributed by atoms with van der Waals surface area (Å²) >= 11 is 0. The molecule has 7 nitrogen and oxygen atoms in total. The van der Waals surface area contributed by atoms with Crippen LogP contribution in [0.1, 0.15) is 51.8 Å². The smallest absolute Gasteiger partial charge is 0.325 e. The van der Waals surface area contributed by atoms with Crippen LogP contribution in [0, 0.1) is 5.92 Å². The van der Waals surface area contributed by atoms with Crippen molar-refractivity contribution in [3.8, 4) is 11.5 Å². The summed E-state index contributed by atoms with van der Waals surface area (Å²) in [5.41, 5.74) is 2.98. The maximum atomic E-state index is 12.3. The van der Waals surface area contributed by atoms with Crippen molar-refractivity contribution in [3.05, 3.63) is 53.6 Å². The predicted molar refractivity (Wildman–Crippen MR) is 120 cm³/mol. The number of hydrogen-bond acceptors (Lipinski definition) is 5. The minimum Gasteiger partial charge on any atom is -0.454 e. The number of rotatable bonds is 6. The van der Waals surface area contributed by atoms with Crippen LogP contribution in [0.15, 0.2) is 42.5 Å². The summed E-state index contributed by atoms with van der Waals surface area (Å²) in [5.74, 6) is 1.05. The monoisotopic (exact) mass is 425 g/mol. The molecule has 0 aliphatic carbocycles. The summed E-state index contributed by atoms with van der Waals surface area (Å²) < 4.78 is 10.5. The van der Waals surface area contributed by atoms with Crippen LogP contribution in [0.3, 0.4) is 0 Å². The molecular formula is C24H31N3O4. The Bertz CT molecular complexity index is 933. The number of urea groups is 1. The lowest BCUT2D eigenvalue weighted by atomic mass is 9.85. The molecule has 0 radical (unpaired) electrons. The van der Waals surface area contributed by atoms with E-state index in [-0.39, 0.29) is 30.7 Å². The number of hydrogen-bond donors (Lipinski definition) is 3. The highest BCUT2D eigenvalue weighted by molar-refractivity contribution is 6.01. The number of imide groups is 1. The Morgan fingerprint density at radius 1 is 1.00 bits per heavy atom. The molecule has 31 heavy (non-hydrogen) atoms. The SMILES string of the molecule is CC(C)C(NCC(=O)NC(=O)Nc1ccc2c(c1)OCO2)c1ccc(C(C)(C)C)cc1. The minimum absolute atomic E-state index is 0.00307. The first-order chi connectivity index (χ1) is 14.6. The third-order valence-electron chi connectivity index (χ3n) is 5.17. The normalized spacial score (nSPS) is 13.7. The van der Waals surface area contributed by atoms with Crippen LogP contribution in [-0.2, 0) is 10.2 Å². The average molecular weight is 426 g/mol. The zero-order valence-corrected chi connectivity index (χ0v) is 18.7. The van der Waals surface area contributed by atoms with Gasteiger partial charge in [-0.05, 0) is 34.6 Å². The number of fused-ring (bicyclic) bond motifs is 1. The van der Waals surface area contributed by atoms with Gasteiger partial charge in [0.2, 0.25) is 12.7 Å². The van der Waals surface area contributed by atoms with Gasteiger partial charge in [0.25, 0.3) is 0 Å². The van der Waals surface area contributed by atoms with E-state index < -0.39 is 11.9 Å². The van der Waals surface area contributed by atoms with Crippen LogP contribution in [0.5, 0.6) is 11.5 Å². The fourth-order valence-electron chi connectivity index (χ4n) is 3.44. The number of anilines is 1. The zero-order valence-electron chi connectivity index (χ0n) is 18.7. The van der Waals surface area contributed by atoms with E-state index in [0.29, 0.717) is 17.2 Å². The standard InChI is InChI=1S/C24H31N3O4/c1-15(2)22(16-6-8-17(9-7-16)24(3,4)5)25-13-21(28)27-23(29)26-18-10-11-19-20(12-18)31-14-30-19/h6-12,15,22,25H,13-14H2,1-5H3,(H2,26,27,28,29). The first kappa shape index (κ1) is 22.6. The van der Waals surface area contributed by atoms with E-state index in [1.807, 2.05) is 0 Å². The Hall–Kier alpha value is -3.06. The second-order valence-corrected chi connectivity index (χ2v) is 9.04. The molecule has 3 N–H and O–H groups in total. The molecule has 0 aromatic heterocycles. The Balaban J connectivity index is 1.53. The Kier molecular flexibility index (Phi) is 6.85. The molecule has 2 aromatic carbocycles. The molecule has 166 valence electrons. The summed E-state index contributed by atoms with van der Waals surface area (Å²) in [7, 11) is 0. The fourth-order valence-corrected chi connectivity index (χ4v) is 3.44. The van der Waals surface area contributed by atoms with Crippen molar-refractivity contribution in [2.75, 3.05) is 18.7 Å². The van der Waals surface area contributed by atoms with E-state index in [2.05, 4.69) is 74.8 Å². The van der Waals surface area contributed by atoms with Crippen LogP contribution in [0.2, 0.25) is 0 Å². The number of carbonyl (C=O) groups is 2. The van der Waals surface area contributed by atoms with Crippen LogP contribution in [-0.4, -0.2) is 25.3 Å². The molecule has 0 fully saturated rings. The van der Waals surface area contributed by atoms with E-state index >= 15 is 0 Å². The highest BCUT2D eigenvalue weighted by Crippen LogP contribution is 2.34. The molecule has 0 saturated carbocycles. The highest BCUT2D eigenvalue weighted by Gasteiger charge is 2.20. The van der Waals surface area contributed by atoms with Gasteiger partial charge in [-0.15, -0.1) is 0 Å². The van der Waals surface area contributed by atoms with E-state index in [1.54, 1.807) is 18.2 Å². The Morgan fingerprint density at radius 3 is 2.32 bits per heavy atom. The number of amides is 3.